The summed E-state index contributed by atoms with van der Waals surface area (Å²) in [6, 6.07) is 16.0. The lowest BCUT2D eigenvalue weighted by atomic mass is 9.96. The van der Waals surface area contributed by atoms with Gasteiger partial charge < -0.3 is 15.0 Å². The average molecular weight is 495 g/mol. The van der Waals surface area contributed by atoms with Crippen molar-refractivity contribution in [1.29, 1.82) is 0 Å². The van der Waals surface area contributed by atoms with Crippen molar-refractivity contribution in [2.75, 3.05) is 39.4 Å². The molecule has 0 radical (unpaired) electrons. The van der Waals surface area contributed by atoms with Gasteiger partial charge in [0, 0.05) is 45.1 Å². The van der Waals surface area contributed by atoms with Gasteiger partial charge in [0.2, 0.25) is 11.8 Å². The smallest absolute Gasteiger partial charge is 0.248 e. The summed E-state index contributed by atoms with van der Waals surface area (Å²) in [6.07, 6.45) is 3.33. The van der Waals surface area contributed by atoms with Crippen LogP contribution in [-0.4, -0.2) is 66.0 Å². The number of amides is 2. The Morgan fingerprint density at radius 2 is 1.50 bits per heavy atom. The van der Waals surface area contributed by atoms with E-state index >= 15 is 0 Å². The molecule has 0 bridgehead atoms. The van der Waals surface area contributed by atoms with Gasteiger partial charge in [-0.1, -0.05) is 30.3 Å². The van der Waals surface area contributed by atoms with E-state index in [1.54, 1.807) is 47.6 Å². The lowest BCUT2D eigenvalue weighted by molar-refractivity contribution is -0.140. The quantitative estimate of drug-likeness (QED) is 0.495. The molecule has 0 aliphatic carbocycles. The van der Waals surface area contributed by atoms with E-state index in [1.807, 2.05) is 6.07 Å². The summed E-state index contributed by atoms with van der Waals surface area (Å²) < 4.78 is 32.4. The number of pyridine rings is 1. The van der Waals surface area contributed by atoms with Gasteiger partial charge in [0.05, 0.1) is 6.04 Å². The molecule has 4 rings (SSSR count). The van der Waals surface area contributed by atoms with Gasteiger partial charge in [-0.15, -0.1) is 0 Å². The lowest BCUT2D eigenvalue weighted by Crippen LogP contribution is -2.50. The van der Waals surface area contributed by atoms with Crippen LogP contribution in [0.4, 0.5) is 8.78 Å². The summed E-state index contributed by atoms with van der Waals surface area (Å²) in [6.45, 7) is 2.08. The number of halogens is 2. The predicted octanol–water partition coefficient (Wildman–Crippen LogP) is 2.93. The van der Waals surface area contributed by atoms with Gasteiger partial charge in [-0.05, 0) is 47.0 Å². The van der Waals surface area contributed by atoms with Crippen LogP contribution in [0.15, 0.2) is 73.1 Å². The number of hydrogen-bond acceptors (Lipinski definition) is 5. The highest BCUT2D eigenvalue weighted by atomic mass is 19.1. The highest BCUT2D eigenvalue weighted by Crippen LogP contribution is 2.30. The molecule has 1 aliphatic rings. The lowest BCUT2D eigenvalue weighted by Gasteiger charge is -2.39. The summed E-state index contributed by atoms with van der Waals surface area (Å²) in [7, 11) is 0. The van der Waals surface area contributed by atoms with Gasteiger partial charge in [0.25, 0.3) is 0 Å². The van der Waals surface area contributed by atoms with Crippen molar-refractivity contribution >= 4 is 11.8 Å². The topological polar surface area (TPSA) is 74.8 Å². The van der Waals surface area contributed by atoms with Crippen LogP contribution in [-0.2, 0) is 20.9 Å². The monoisotopic (exact) mass is 494 g/mol. The van der Waals surface area contributed by atoms with Gasteiger partial charge in [-0.25, -0.2) is 8.78 Å². The molecule has 2 heterocycles. The zero-order valence-corrected chi connectivity index (χ0v) is 19.8. The largest absolute Gasteiger partial charge is 0.362 e. The fourth-order valence-electron chi connectivity index (χ4n) is 4.21. The molecule has 0 atom stereocenters. The second kappa shape index (κ2) is 12.3. The van der Waals surface area contributed by atoms with Gasteiger partial charge in [0.15, 0.2) is 0 Å². The third-order valence-electron chi connectivity index (χ3n) is 6.07. The number of carbonyl (C=O) groups is 2. The maximum atomic E-state index is 13.5. The van der Waals surface area contributed by atoms with Crippen molar-refractivity contribution in [2.45, 2.75) is 12.6 Å². The normalized spacial score (nSPS) is 14.1. The van der Waals surface area contributed by atoms with Crippen molar-refractivity contribution in [2.24, 2.45) is 0 Å². The minimum Gasteiger partial charge on any atom is -0.362 e. The van der Waals surface area contributed by atoms with Gasteiger partial charge in [-0.3, -0.25) is 19.5 Å². The number of carbonyl (C=O) groups excluding carboxylic acids is 2. The van der Waals surface area contributed by atoms with Crippen LogP contribution in [0.3, 0.4) is 0 Å². The summed E-state index contributed by atoms with van der Waals surface area (Å²) in [5.41, 5.74) is 2.66. The molecule has 1 aliphatic heterocycles. The second-order valence-electron chi connectivity index (χ2n) is 8.55. The molecule has 1 saturated heterocycles. The maximum Gasteiger partial charge on any atom is 0.248 e. The SMILES string of the molecule is O=C(COCC(=O)N1CCN(C(c2ccc(F)cc2)c2ccc(F)cc2)CC1)NCc1cccnc1. The van der Waals surface area contributed by atoms with Crippen molar-refractivity contribution in [3.8, 4) is 0 Å². The van der Waals surface area contributed by atoms with E-state index in [0.717, 1.165) is 16.7 Å². The van der Waals surface area contributed by atoms with Crippen LogP contribution < -0.4 is 5.32 Å². The third kappa shape index (κ3) is 6.93. The van der Waals surface area contributed by atoms with Crippen LogP contribution in [0.2, 0.25) is 0 Å². The molecular weight excluding hydrogens is 466 g/mol. The molecule has 2 amide bonds. The summed E-state index contributed by atoms with van der Waals surface area (Å²) in [4.78, 5) is 32.5. The van der Waals surface area contributed by atoms with Crippen LogP contribution in [0.5, 0.6) is 0 Å². The molecule has 0 unspecified atom stereocenters. The standard InChI is InChI=1S/C27H28F2N4O3/c28-23-7-3-21(4-8-23)27(22-5-9-24(29)10-6-22)33-14-12-32(13-15-33)26(35)19-36-18-25(34)31-17-20-2-1-11-30-16-20/h1-11,16,27H,12-15,17-19H2,(H,31,34). The minimum absolute atomic E-state index is 0.181. The molecular formula is C27H28F2N4O3. The fourth-order valence-corrected chi connectivity index (χ4v) is 4.21. The summed E-state index contributed by atoms with van der Waals surface area (Å²) >= 11 is 0. The number of rotatable bonds is 9. The number of nitrogens with zero attached hydrogens (tertiary/aromatic N) is 3. The van der Waals surface area contributed by atoms with Gasteiger partial charge in [-0.2, -0.15) is 0 Å². The summed E-state index contributed by atoms with van der Waals surface area (Å²) in [5, 5.41) is 2.73. The van der Waals surface area contributed by atoms with E-state index in [1.165, 1.54) is 24.3 Å². The number of piperazine rings is 1. The molecule has 9 heteroatoms. The third-order valence-corrected chi connectivity index (χ3v) is 6.07. The minimum atomic E-state index is -0.322. The van der Waals surface area contributed by atoms with Crippen molar-refractivity contribution in [3.63, 3.8) is 0 Å². The number of ether oxygens (including phenoxy) is 1. The Morgan fingerprint density at radius 1 is 0.889 bits per heavy atom. The average Bonchev–Trinajstić information content (AvgIpc) is 2.91. The first-order valence-corrected chi connectivity index (χ1v) is 11.8. The Morgan fingerprint density at radius 3 is 2.06 bits per heavy atom. The molecule has 188 valence electrons. The number of nitrogens with one attached hydrogen (secondary N) is 1. The highest BCUT2D eigenvalue weighted by Gasteiger charge is 2.28. The predicted molar refractivity (Wildman–Crippen MR) is 130 cm³/mol. The maximum absolute atomic E-state index is 13.5. The zero-order valence-electron chi connectivity index (χ0n) is 19.8. The first-order valence-electron chi connectivity index (χ1n) is 11.8. The molecule has 1 fully saturated rings. The zero-order chi connectivity index (χ0) is 25.3. The van der Waals surface area contributed by atoms with Crippen molar-refractivity contribution in [3.05, 3.63) is 101 Å². The first kappa shape index (κ1) is 25.4. The van der Waals surface area contributed by atoms with E-state index in [0.29, 0.717) is 32.7 Å². The number of benzene rings is 2. The van der Waals surface area contributed by atoms with Crippen LogP contribution >= 0.6 is 0 Å². The fraction of sp³-hybridized carbons (Fsp3) is 0.296. The molecule has 36 heavy (non-hydrogen) atoms. The Bertz CT molecular complexity index is 1090. The van der Waals surface area contributed by atoms with Crippen molar-refractivity contribution in [1.82, 2.24) is 20.1 Å². The van der Waals surface area contributed by atoms with E-state index in [4.69, 9.17) is 4.74 Å². The molecule has 1 N–H and O–H groups in total. The number of aromatic nitrogens is 1. The highest BCUT2D eigenvalue weighted by molar-refractivity contribution is 5.79. The van der Waals surface area contributed by atoms with Crippen LogP contribution in [0.1, 0.15) is 22.7 Å². The van der Waals surface area contributed by atoms with Crippen molar-refractivity contribution < 1.29 is 23.1 Å². The molecule has 0 saturated carbocycles. The molecule has 3 aromatic rings. The Balaban J connectivity index is 1.27. The Labute approximate surface area is 208 Å². The van der Waals surface area contributed by atoms with E-state index in [9.17, 15) is 18.4 Å². The first-order chi connectivity index (χ1) is 17.5. The molecule has 2 aromatic carbocycles. The van der Waals surface area contributed by atoms with Crippen LogP contribution in [0, 0.1) is 11.6 Å². The van der Waals surface area contributed by atoms with E-state index < -0.39 is 0 Å². The molecule has 1 aromatic heterocycles. The van der Waals surface area contributed by atoms with Crippen LogP contribution in [0.25, 0.3) is 0 Å². The Hall–Kier alpha value is -3.69. The number of hydrogen-bond donors (Lipinski definition) is 1. The summed E-state index contributed by atoms with van der Waals surface area (Å²) in [5.74, 6) is -1.14. The second-order valence-corrected chi connectivity index (χ2v) is 8.55. The van der Waals surface area contributed by atoms with E-state index in [-0.39, 0.29) is 42.7 Å². The van der Waals surface area contributed by atoms with Gasteiger partial charge >= 0.3 is 0 Å². The molecule has 0 spiro atoms. The Kier molecular flexibility index (Phi) is 8.70. The van der Waals surface area contributed by atoms with Gasteiger partial charge in [0.1, 0.15) is 24.8 Å². The van der Waals surface area contributed by atoms with E-state index in [2.05, 4.69) is 15.2 Å². The molecule has 7 nitrogen and oxygen atoms in total.